The molecule has 17 heavy (non-hydrogen) atoms. The zero-order valence-corrected chi connectivity index (χ0v) is 10.5. The van der Waals surface area contributed by atoms with Crippen molar-refractivity contribution in [3.8, 4) is 0 Å². The molecule has 2 N–H and O–H groups in total. The van der Waals surface area contributed by atoms with Crippen LogP contribution >= 0.6 is 0 Å². The molecule has 0 amide bonds. The first-order valence-electron chi connectivity index (χ1n) is 6.30. The molecule has 2 fully saturated rings. The maximum atomic E-state index is 11.4. The third kappa shape index (κ3) is 2.97. The first kappa shape index (κ1) is 12.8. The van der Waals surface area contributed by atoms with E-state index in [9.17, 15) is 15.0 Å². The van der Waals surface area contributed by atoms with Crippen LogP contribution in [-0.4, -0.2) is 71.4 Å². The van der Waals surface area contributed by atoms with Crippen molar-refractivity contribution in [1.29, 1.82) is 0 Å². The second-order valence-electron chi connectivity index (χ2n) is 5.62. The van der Waals surface area contributed by atoms with E-state index >= 15 is 0 Å². The van der Waals surface area contributed by atoms with Gasteiger partial charge >= 0.3 is 5.97 Å². The van der Waals surface area contributed by atoms with Crippen molar-refractivity contribution in [2.24, 2.45) is 5.92 Å². The molecular weight excluding hydrogens is 220 g/mol. The molecule has 98 valence electrons. The van der Waals surface area contributed by atoms with Crippen molar-refractivity contribution in [1.82, 2.24) is 9.80 Å². The maximum absolute atomic E-state index is 11.4. The Labute approximate surface area is 102 Å². The first-order valence-corrected chi connectivity index (χ1v) is 6.30. The van der Waals surface area contributed by atoms with Crippen molar-refractivity contribution in [3.63, 3.8) is 0 Å². The van der Waals surface area contributed by atoms with Crippen LogP contribution in [0.5, 0.6) is 0 Å². The minimum Gasteiger partial charge on any atom is -0.480 e. The van der Waals surface area contributed by atoms with Gasteiger partial charge < -0.3 is 15.1 Å². The Bertz CT molecular complexity index is 291. The molecule has 0 aromatic rings. The van der Waals surface area contributed by atoms with E-state index in [0.29, 0.717) is 18.9 Å². The monoisotopic (exact) mass is 242 g/mol. The summed E-state index contributed by atoms with van der Waals surface area (Å²) in [6.45, 7) is 1.32. The third-order valence-electron chi connectivity index (χ3n) is 3.69. The van der Waals surface area contributed by atoms with Crippen LogP contribution in [0, 0.1) is 5.92 Å². The number of carboxylic acid groups (broad SMARTS) is 1. The van der Waals surface area contributed by atoms with Gasteiger partial charge in [-0.3, -0.25) is 9.69 Å². The van der Waals surface area contributed by atoms with Crippen LogP contribution in [0.4, 0.5) is 0 Å². The van der Waals surface area contributed by atoms with Crippen LogP contribution in [0.3, 0.4) is 0 Å². The van der Waals surface area contributed by atoms with E-state index < -0.39 is 12.0 Å². The number of rotatable bonds is 5. The summed E-state index contributed by atoms with van der Waals surface area (Å²) in [4.78, 5) is 15.4. The van der Waals surface area contributed by atoms with Gasteiger partial charge in [0.05, 0.1) is 6.10 Å². The Morgan fingerprint density at radius 3 is 2.59 bits per heavy atom. The van der Waals surface area contributed by atoms with E-state index in [0.717, 1.165) is 19.4 Å². The van der Waals surface area contributed by atoms with E-state index in [-0.39, 0.29) is 12.1 Å². The maximum Gasteiger partial charge on any atom is 0.321 e. The molecule has 0 aromatic heterocycles. The van der Waals surface area contributed by atoms with E-state index in [2.05, 4.69) is 4.90 Å². The van der Waals surface area contributed by atoms with Gasteiger partial charge in [-0.2, -0.15) is 0 Å². The van der Waals surface area contributed by atoms with Crippen molar-refractivity contribution >= 4 is 5.97 Å². The van der Waals surface area contributed by atoms with Gasteiger partial charge in [0.1, 0.15) is 6.04 Å². The molecule has 2 rings (SSSR count). The predicted molar refractivity (Wildman–Crippen MR) is 63.8 cm³/mol. The molecule has 0 spiro atoms. The number of aliphatic hydroxyl groups is 1. The summed E-state index contributed by atoms with van der Waals surface area (Å²) in [7, 11) is 3.96. The second-order valence-corrected chi connectivity index (χ2v) is 5.62. The van der Waals surface area contributed by atoms with Crippen LogP contribution in [0.2, 0.25) is 0 Å². The summed E-state index contributed by atoms with van der Waals surface area (Å²) in [5, 5.41) is 19.1. The number of carbonyl (C=O) groups is 1. The number of likely N-dealkylation sites (N-methyl/N-ethyl adjacent to an activating group) is 1. The molecule has 1 aliphatic carbocycles. The Morgan fingerprint density at radius 1 is 1.47 bits per heavy atom. The Morgan fingerprint density at radius 2 is 2.12 bits per heavy atom. The molecule has 5 heteroatoms. The van der Waals surface area contributed by atoms with Gasteiger partial charge in [-0.05, 0) is 39.3 Å². The molecule has 1 heterocycles. The largest absolute Gasteiger partial charge is 0.480 e. The highest BCUT2D eigenvalue weighted by molar-refractivity contribution is 5.74. The van der Waals surface area contributed by atoms with Crippen LogP contribution in [0.1, 0.15) is 19.3 Å². The number of carboxylic acids is 1. The topological polar surface area (TPSA) is 64.0 Å². The highest BCUT2D eigenvalue weighted by Gasteiger charge is 2.46. The zero-order chi connectivity index (χ0) is 12.6. The second kappa shape index (κ2) is 4.92. The lowest BCUT2D eigenvalue weighted by molar-refractivity contribution is -0.144. The van der Waals surface area contributed by atoms with Crippen LogP contribution in [-0.2, 0) is 4.79 Å². The van der Waals surface area contributed by atoms with Crippen molar-refractivity contribution in [2.75, 3.05) is 27.2 Å². The van der Waals surface area contributed by atoms with Gasteiger partial charge in [0.25, 0.3) is 0 Å². The van der Waals surface area contributed by atoms with E-state index in [4.69, 9.17) is 0 Å². The van der Waals surface area contributed by atoms with E-state index in [1.165, 1.54) is 0 Å². The number of nitrogens with zero attached hydrogens (tertiary/aromatic N) is 2. The minimum absolute atomic E-state index is 0.168. The normalized spacial score (nSPS) is 32.0. The standard InChI is InChI=1S/C12H22N2O3/c1-13(2)6-9-5-10(15)7-14(9)11(12(16)17)8-3-4-8/h8-11,15H,3-7H2,1-2H3,(H,16,17). The van der Waals surface area contributed by atoms with Gasteiger partial charge in [0.15, 0.2) is 0 Å². The molecule has 2 aliphatic rings. The lowest BCUT2D eigenvalue weighted by Crippen LogP contribution is -2.48. The highest BCUT2D eigenvalue weighted by atomic mass is 16.4. The van der Waals surface area contributed by atoms with Gasteiger partial charge in [-0.15, -0.1) is 0 Å². The quantitative estimate of drug-likeness (QED) is 0.702. The summed E-state index contributed by atoms with van der Waals surface area (Å²) >= 11 is 0. The van der Waals surface area contributed by atoms with Crippen LogP contribution in [0.15, 0.2) is 0 Å². The van der Waals surface area contributed by atoms with Crippen molar-refractivity contribution in [3.05, 3.63) is 0 Å². The summed E-state index contributed by atoms with van der Waals surface area (Å²) < 4.78 is 0. The number of likely N-dealkylation sites (tertiary alicyclic amines) is 1. The summed E-state index contributed by atoms with van der Waals surface area (Å²) in [6, 6.07) is -0.223. The lowest BCUT2D eigenvalue weighted by atomic mass is 10.1. The molecule has 5 nitrogen and oxygen atoms in total. The van der Waals surface area contributed by atoms with Crippen LogP contribution in [0.25, 0.3) is 0 Å². The number of β-amino-alcohol motifs (C(OH)–C–C–N with tert-alkyl or cyclic N) is 1. The van der Waals surface area contributed by atoms with Crippen molar-refractivity contribution < 1.29 is 15.0 Å². The fraction of sp³-hybridized carbons (Fsp3) is 0.917. The molecule has 0 bridgehead atoms. The van der Waals surface area contributed by atoms with Gasteiger partial charge in [0.2, 0.25) is 0 Å². The number of aliphatic carboxylic acids is 1. The molecule has 1 saturated carbocycles. The van der Waals surface area contributed by atoms with Crippen molar-refractivity contribution in [2.45, 2.75) is 37.5 Å². The molecule has 1 saturated heterocycles. The third-order valence-corrected chi connectivity index (χ3v) is 3.69. The molecule has 1 aliphatic heterocycles. The zero-order valence-electron chi connectivity index (χ0n) is 10.5. The number of hydrogen-bond acceptors (Lipinski definition) is 4. The minimum atomic E-state index is -0.731. The molecular formula is C12H22N2O3. The fourth-order valence-corrected chi connectivity index (χ4v) is 2.88. The predicted octanol–water partition coefficient (Wildman–Crippen LogP) is -0.154. The summed E-state index contributed by atoms with van der Waals surface area (Å²) in [6.07, 6.45) is 2.34. The Hall–Kier alpha value is -0.650. The fourth-order valence-electron chi connectivity index (χ4n) is 2.88. The number of hydrogen-bond donors (Lipinski definition) is 2. The molecule has 3 atom stereocenters. The SMILES string of the molecule is CN(C)CC1CC(O)CN1C(C(=O)O)C1CC1. The van der Waals surface area contributed by atoms with E-state index in [1.54, 1.807) is 0 Å². The molecule has 0 radical (unpaired) electrons. The number of aliphatic hydroxyl groups excluding tert-OH is 1. The molecule has 3 unspecified atom stereocenters. The highest BCUT2D eigenvalue weighted by Crippen LogP contribution is 2.38. The summed E-state index contributed by atoms with van der Waals surface area (Å²) in [5.74, 6) is -0.437. The first-order chi connectivity index (χ1) is 7.99. The summed E-state index contributed by atoms with van der Waals surface area (Å²) in [5.41, 5.74) is 0. The smallest absolute Gasteiger partial charge is 0.321 e. The Kier molecular flexibility index (Phi) is 3.70. The molecule has 0 aromatic carbocycles. The van der Waals surface area contributed by atoms with E-state index in [1.807, 2.05) is 19.0 Å². The van der Waals surface area contributed by atoms with Gasteiger partial charge in [-0.1, -0.05) is 0 Å². The average Bonchev–Trinajstić information content (AvgIpc) is 2.92. The average molecular weight is 242 g/mol. The van der Waals surface area contributed by atoms with Gasteiger partial charge in [-0.25, -0.2) is 0 Å². The lowest BCUT2D eigenvalue weighted by Gasteiger charge is -2.31. The van der Waals surface area contributed by atoms with Gasteiger partial charge in [0, 0.05) is 19.1 Å². The Balaban J connectivity index is 2.07. The van der Waals surface area contributed by atoms with Crippen LogP contribution < -0.4 is 0 Å².